The molecule has 8 nitrogen and oxygen atoms in total. The fraction of sp³-hybridized carbons (Fsp3) is 0.217. The second kappa shape index (κ2) is 8.24. The molecule has 4 aromatic rings. The number of anilines is 1. The molecule has 1 aromatic carbocycles. The number of ketones is 1. The van der Waals surface area contributed by atoms with Gasteiger partial charge in [0.05, 0.1) is 11.3 Å². The van der Waals surface area contributed by atoms with Crippen molar-refractivity contribution >= 4 is 32.5 Å². The molecule has 0 saturated heterocycles. The molecule has 1 aliphatic carbocycles. The Morgan fingerprint density at radius 3 is 2.47 bits per heavy atom. The summed E-state index contributed by atoms with van der Waals surface area (Å²) in [4.78, 5) is 29.2. The fourth-order valence-electron chi connectivity index (χ4n) is 3.58. The maximum atomic E-state index is 15.1. The average molecular weight is 484 g/mol. The first kappa shape index (κ1) is 22.1. The highest BCUT2D eigenvalue weighted by atomic mass is 32.2. The van der Waals surface area contributed by atoms with Gasteiger partial charge in [0.1, 0.15) is 23.0 Å². The molecule has 174 valence electrons. The lowest BCUT2D eigenvalue weighted by Crippen LogP contribution is -2.18. The van der Waals surface area contributed by atoms with Gasteiger partial charge in [-0.05, 0) is 38.0 Å². The summed E-state index contributed by atoms with van der Waals surface area (Å²) < 4.78 is 54.8. The molecule has 5 rings (SSSR count). The molecule has 11 heteroatoms. The number of rotatable bonds is 7. The van der Waals surface area contributed by atoms with Crippen molar-refractivity contribution in [1.82, 2.24) is 19.9 Å². The number of aromatic amines is 1. The molecule has 0 amide bonds. The van der Waals surface area contributed by atoms with E-state index in [0.717, 1.165) is 30.8 Å². The summed E-state index contributed by atoms with van der Waals surface area (Å²) in [5.74, 6) is -2.32. The third-order valence-corrected chi connectivity index (χ3v) is 6.97. The van der Waals surface area contributed by atoms with E-state index in [-0.39, 0.29) is 11.3 Å². The van der Waals surface area contributed by atoms with E-state index in [2.05, 4.69) is 19.9 Å². The van der Waals surface area contributed by atoms with Gasteiger partial charge in [0.2, 0.25) is 10.0 Å². The maximum Gasteiger partial charge on any atom is 0.232 e. The first-order chi connectivity index (χ1) is 16.3. The van der Waals surface area contributed by atoms with Crippen molar-refractivity contribution in [3.63, 3.8) is 0 Å². The van der Waals surface area contributed by atoms with Crippen LogP contribution in [0.3, 0.4) is 0 Å². The smallest absolute Gasteiger partial charge is 0.232 e. The molecule has 0 aliphatic heterocycles. The van der Waals surface area contributed by atoms with Gasteiger partial charge >= 0.3 is 0 Å². The predicted octanol–water partition coefficient (Wildman–Crippen LogP) is 4.17. The van der Waals surface area contributed by atoms with Gasteiger partial charge in [-0.1, -0.05) is 0 Å². The number of hydrogen-bond donors (Lipinski definition) is 2. The molecule has 0 atom stereocenters. The van der Waals surface area contributed by atoms with Gasteiger partial charge in [-0.3, -0.25) is 9.52 Å². The van der Waals surface area contributed by atoms with Crippen LogP contribution in [-0.2, 0) is 10.0 Å². The molecule has 0 radical (unpaired) electrons. The van der Waals surface area contributed by atoms with Crippen molar-refractivity contribution in [2.45, 2.75) is 25.7 Å². The Kier molecular flexibility index (Phi) is 5.35. The number of nitrogens with zero attached hydrogens (tertiary/aromatic N) is 3. The minimum Gasteiger partial charge on any atom is -0.345 e. The lowest BCUT2D eigenvalue weighted by Gasteiger charge is -2.11. The Hall–Kier alpha value is -3.73. The first-order valence-electron chi connectivity index (χ1n) is 10.6. The van der Waals surface area contributed by atoms with E-state index in [4.69, 9.17) is 0 Å². The van der Waals surface area contributed by atoms with Gasteiger partial charge in [-0.25, -0.2) is 32.2 Å². The van der Waals surface area contributed by atoms with Crippen molar-refractivity contribution < 1.29 is 22.0 Å². The monoisotopic (exact) mass is 483 g/mol. The summed E-state index contributed by atoms with van der Waals surface area (Å²) in [7, 11) is -3.96. The molecule has 3 heterocycles. The summed E-state index contributed by atoms with van der Waals surface area (Å²) >= 11 is 0. The average Bonchev–Trinajstić information content (AvgIpc) is 3.60. The Labute approximate surface area is 193 Å². The zero-order valence-electron chi connectivity index (χ0n) is 18.0. The molecular formula is C23H19F2N5O3S. The largest absolute Gasteiger partial charge is 0.345 e. The molecule has 3 aromatic heterocycles. The molecule has 2 N–H and O–H groups in total. The van der Waals surface area contributed by atoms with E-state index in [1.807, 2.05) is 4.72 Å². The van der Waals surface area contributed by atoms with Crippen LogP contribution in [0.2, 0.25) is 0 Å². The number of pyridine rings is 1. The van der Waals surface area contributed by atoms with Crippen LogP contribution in [0.15, 0.2) is 43.0 Å². The van der Waals surface area contributed by atoms with Crippen LogP contribution in [0.25, 0.3) is 22.2 Å². The molecule has 0 spiro atoms. The van der Waals surface area contributed by atoms with E-state index < -0.39 is 38.7 Å². The Morgan fingerprint density at radius 2 is 1.79 bits per heavy atom. The zero-order chi connectivity index (χ0) is 24.0. The van der Waals surface area contributed by atoms with Crippen molar-refractivity contribution in [3.05, 3.63) is 71.6 Å². The lowest BCUT2D eigenvalue weighted by atomic mass is 10.0. The second-order valence-electron chi connectivity index (χ2n) is 8.05. The fourth-order valence-corrected chi connectivity index (χ4v) is 4.23. The van der Waals surface area contributed by atoms with Gasteiger partial charge in [-0.15, -0.1) is 0 Å². The van der Waals surface area contributed by atoms with Gasteiger partial charge in [0.25, 0.3) is 0 Å². The van der Waals surface area contributed by atoms with E-state index >= 15 is 4.39 Å². The quantitative estimate of drug-likeness (QED) is 0.381. The van der Waals surface area contributed by atoms with E-state index in [1.165, 1.54) is 13.1 Å². The number of carbonyl (C=O) groups is 1. The third kappa shape index (κ3) is 4.03. The summed E-state index contributed by atoms with van der Waals surface area (Å²) in [5, 5.41) is 0.424. The lowest BCUT2D eigenvalue weighted by molar-refractivity contribution is 0.103. The summed E-state index contributed by atoms with van der Waals surface area (Å²) in [6.45, 7) is 1.33. The Morgan fingerprint density at radius 1 is 1.09 bits per heavy atom. The van der Waals surface area contributed by atoms with Gasteiger partial charge in [0.15, 0.2) is 11.6 Å². The minimum absolute atomic E-state index is 0.106. The van der Waals surface area contributed by atoms with Gasteiger partial charge in [0, 0.05) is 52.8 Å². The zero-order valence-corrected chi connectivity index (χ0v) is 18.8. The second-order valence-corrected chi connectivity index (χ2v) is 10.1. The standard InChI is InChI=1S/C23H19F2N5O3S/c1-2-34(32,33)30-20-18(24)6-5-15(19(20)25)21(31)17-11-29-23-16(17)7-13(8-28-23)14-9-26-22(27-10-14)12-3-4-12/h5-12,30H,2-4H2,1H3,(H,28,29). The summed E-state index contributed by atoms with van der Waals surface area (Å²) in [6.07, 6.45) is 8.56. The number of sulfonamides is 1. The topological polar surface area (TPSA) is 118 Å². The highest BCUT2D eigenvalue weighted by Crippen LogP contribution is 2.38. The van der Waals surface area contributed by atoms with Gasteiger partial charge < -0.3 is 4.98 Å². The summed E-state index contributed by atoms with van der Waals surface area (Å²) in [6, 6.07) is 3.54. The van der Waals surface area contributed by atoms with Crippen LogP contribution >= 0.6 is 0 Å². The third-order valence-electron chi connectivity index (χ3n) is 5.70. The number of halogens is 2. The number of fused-ring (bicyclic) bond motifs is 1. The van der Waals surface area contributed by atoms with Crippen molar-refractivity contribution in [2.24, 2.45) is 0 Å². The minimum atomic E-state index is -3.96. The SMILES string of the molecule is CCS(=O)(=O)Nc1c(F)ccc(C(=O)c2c[nH]c3ncc(-c4cnc(C5CC5)nc4)cc23)c1F. The predicted molar refractivity (Wildman–Crippen MR) is 122 cm³/mol. The number of H-pyrrole nitrogens is 1. The van der Waals surface area contributed by atoms with Crippen LogP contribution in [0.5, 0.6) is 0 Å². The molecular weight excluding hydrogens is 464 g/mol. The molecule has 0 bridgehead atoms. The highest BCUT2D eigenvalue weighted by molar-refractivity contribution is 7.92. The van der Waals surface area contributed by atoms with Crippen molar-refractivity contribution in [3.8, 4) is 11.1 Å². The van der Waals surface area contributed by atoms with Crippen LogP contribution in [-0.4, -0.2) is 39.9 Å². The van der Waals surface area contributed by atoms with Crippen molar-refractivity contribution in [2.75, 3.05) is 10.5 Å². The molecule has 1 aliphatic rings. The molecule has 1 saturated carbocycles. The van der Waals surface area contributed by atoms with E-state index in [9.17, 15) is 17.6 Å². The molecule has 1 fully saturated rings. The van der Waals surface area contributed by atoms with Crippen LogP contribution in [0.4, 0.5) is 14.5 Å². The number of benzene rings is 1. The summed E-state index contributed by atoms with van der Waals surface area (Å²) in [5.41, 5.74) is 0.520. The van der Waals surface area contributed by atoms with Crippen LogP contribution < -0.4 is 4.72 Å². The first-order valence-corrected chi connectivity index (χ1v) is 12.2. The van der Waals surface area contributed by atoms with Gasteiger partial charge in [-0.2, -0.15) is 0 Å². The van der Waals surface area contributed by atoms with Crippen LogP contribution in [0.1, 0.15) is 47.4 Å². The Balaban J connectivity index is 1.53. The number of nitrogens with one attached hydrogen (secondary N) is 2. The van der Waals surface area contributed by atoms with Crippen molar-refractivity contribution in [1.29, 1.82) is 0 Å². The maximum absolute atomic E-state index is 15.1. The normalized spacial score (nSPS) is 13.9. The Bertz CT molecular complexity index is 1530. The van der Waals surface area contributed by atoms with Crippen LogP contribution in [0, 0.1) is 11.6 Å². The van der Waals surface area contributed by atoms with E-state index in [1.54, 1.807) is 24.7 Å². The number of hydrogen-bond acceptors (Lipinski definition) is 6. The van der Waals surface area contributed by atoms with E-state index in [0.29, 0.717) is 28.1 Å². The number of carbonyl (C=O) groups excluding carboxylic acids is 1. The molecule has 34 heavy (non-hydrogen) atoms. The number of aromatic nitrogens is 4. The highest BCUT2D eigenvalue weighted by Gasteiger charge is 2.27. The molecule has 0 unspecified atom stereocenters.